The molecule has 30 heavy (non-hydrogen) atoms. The summed E-state index contributed by atoms with van der Waals surface area (Å²) in [6.45, 7) is 3.59. The quantitative estimate of drug-likeness (QED) is 0.568. The number of aliphatic hydroxyl groups is 1. The van der Waals surface area contributed by atoms with Gasteiger partial charge in [-0.3, -0.25) is 4.79 Å². The van der Waals surface area contributed by atoms with Crippen molar-refractivity contribution in [2.75, 3.05) is 50.1 Å². The molecule has 0 radical (unpaired) electrons. The maximum atomic E-state index is 12.7. The van der Waals surface area contributed by atoms with Gasteiger partial charge in [-0.15, -0.1) is 0 Å². The lowest BCUT2D eigenvalue weighted by Crippen LogP contribution is -2.35. The summed E-state index contributed by atoms with van der Waals surface area (Å²) >= 11 is 0. The minimum Gasteiger partial charge on any atom is -0.478 e. The second-order valence-electron chi connectivity index (χ2n) is 7.65. The Labute approximate surface area is 174 Å². The van der Waals surface area contributed by atoms with Crippen LogP contribution in [0.15, 0.2) is 29.5 Å². The summed E-state index contributed by atoms with van der Waals surface area (Å²) in [4.78, 5) is 40.1. The summed E-state index contributed by atoms with van der Waals surface area (Å²) < 4.78 is 4.77. The van der Waals surface area contributed by atoms with E-state index in [1.54, 1.807) is 12.1 Å². The van der Waals surface area contributed by atoms with Gasteiger partial charge < -0.3 is 30.1 Å². The number of amides is 1. The van der Waals surface area contributed by atoms with Gasteiger partial charge in [0.15, 0.2) is 0 Å². The summed E-state index contributed by atoms with van der Waals surface area (Å²) in [6, 6.07) is 4.90. The summed E-state index contributed by atoms with van der Waals surface area (Å²) in [5.41, 5.74) is 1.33. The number of piperidine rings is 1. The van der Waals surface area contributed by atoms with E-state index < -0.39 is 17.8 Å². The first-order valence-corrected chi connectivity index (χ1v) is 9.96. The van der Waals surface area contributed by atoms with E-state index in [-0.39, 0.29) is 36.5 Å². The molecule has 9 nitrogen and oxygen atoms in total. The number of aliphatic hydroxyl groups excluding tert-OH is 1. The van der Waals surface area contributed by atoms with E-state index in [4.69, 9.17) is 9.84 Å². The molecule has 0 saturated carbocycles. The molecule has 0 aromatic heterocycles. The average molecular weight is 417 g/mol. The Balaban J connectivity index is 1.91. The molecule has 2 aliphatic rings. The number of anilines is 2. The number of nitrogens with one attached hydrogen (secondary N) is 1. The lowest BCUT2D eigenvalue weighted by Gasteiger charge is -2.33. The van der Waals surface area contributed by atoms with E-state index in [0.29, 0.717) is 17.3 Å². The molecular formula is C21H27N3O6. The highest BCUT2D eigenvalue weighted by Crippen LogP contribution is 2.30. The van der Waals surface area contributed by atoms with Crippen molar-refractivity contribution < 1.29 is 29.3 Å². The summed E-state index contributed by atoms with van der Waals surface area (Å²) in [5, 5.41) is 21.8. The molecule has 2 aliphatic heterocycles. The molecule has 1 atom stereocenters. The first kappa shape index (κ1) is 21.6. The molecule has 0 bridgehead atoms. The largest absolute Gasteiger partial charge is 0.478 e. The number of esters is 1. The van der Waals surface area contributed by atoms with E-state index in [0.717, 1.165) is 25.9 Å². The normalized spacial score (nSPS) is 19.3. The van der Waals surface area contributed by atoms with Crippen LogP contribution in [0.5, 0.6) is 0 Å². The minimum atomic E-state index is -1.06. The fourth-order valence-electron chi connectivity index (χ4n) is 3.96. The van der Waals surface area contributed by atoms with Crippen molar-refractivity contribution in [3.63, 3.8) is 0 Å². The second kappa shape index (κ2) is 9.17. The minimum absolute atomic E-state index is 0.0178. The number of hydrogen-bond donors (Lipinski definition) is 3. The number of carboxylic acids is 1. The van der Waals surface area contributed by atoms with Crippen molar-refractivity contribution >= 4 is 29.2 Å². The van der Waals surface area contributed by atoms with Gasteiger partial charge in [-0.05, 0) is 37.0 Å². The van der Waals surface area contributed by atoms with E-state index >= 15 is 0 Å². The van der Waals surface area contributed by atoms with Crippen molar-refractivity contribution in [1.29, 1.82) is 0 Å². The molecule has 162 valence electrons. The zero-order valence-electron chi connectivity index (χ0n) is 17.2. The maximum absolute atomic E-state index is 12.7. The highest BCUT2D eigenvalue weighted by atomic mass is 16.5. The van der Waals surface area contributed by atoms with Crippen LogP contribution in [0.25, 0.3) is 0 Å². The molecule has 3 rings (SSSR count). The molecule has 3 N–H and O–H groups in total. The van der Waals surface area contributed by atoms with Gasteiger partial charge in [-0.25, -0.2) is 9.59 Å². The van der Waals surface area contributed by atoms with Gasteiger partial charge in [0, 0.05) is 25.3 Å². The number of nitrogens with zero attached hydrogens (tertiary/aromatic N) is 2. The van der Waals surface area contributed by atoms with Crippen LogP contribution in [0.2, 0.25) is 0 Å². The Morgan fingerprint density at radius 2 is 2.10 bits per heavy atom. The van der Waals surface area contributed by atoms with Gasteiger partial charge in [0.25, 0.3) is 5.91 Å². The van der Waals surface area contributed by atoms with Crippen molar-refractivity contribution in [2.45, 2.75) is 19.8 Å². The molecule has 1 unspecified atom stereocenters. The third kappa shape index (κ3) is 4.40. The Bertz CT molecular complexity index is 881. The zero-order chi connectivity index (χ0) is 21.8. The molecule has 1 aromatic rings. The number of benzene rings is 1. The summed E-state index contributed by atoms with van der Waals surface area (Å²) in [6.07, 6.45) is 2.13. The van der Waals surface area contributed by atoms with Gasteiger partial charge >= 0.3 is 11.9 Å². The molecule has 2 heterocycles. The fraction of sp³-hybridized carbons (Fsp3) is 0.476. The van der Waals surface area contributed by atoms with E-state index in [2.05, 4.69) is 17.1 Å². The van der Waals surface area contributed by atoms with Crippen LogP contribution in [-0.4, -0.2) is 72.9 Å². The smallest absolute Gasteiger partial charge is 0.337 e. The lowest BCUT2D eigenvalue weighted by atomic mass is 9.98. The van der Waals surface area contributed by atoms with E-state index in [1.807, 2.05) is 0 Å². The number of methoxy groups -OCH3 is 1. The van der Waals surface area contributed by atoms with Crippen LogP contribution in [-0.2, 0) is 14.3 Å². The van der Waals surface area contributed by atoms with Crippen LogP contribution in [0.1, 0.15) is 30.1 Å². The first-order valence-electron chi connectivity index (χ1n) is 9.96. The molecule has 0 aliphatic carbocycles. The van der Waals surface area contributed by atoms with Crippen LogP contribution < -0.4 is 10.2 Å². The van der Waals surface area contributed by atoms with E-state index in [1.165, 1.54) is 18.1 Å². The highest BCUT2D eigenvalue weighted by molar-refractivity contribution is 6.08. The first-order chi connectivity index (χ1) is 14.3. The number of carboxylic acid groups (broad SMARTS) is 1. The SMILES string of the molecule is COC(=O)C1=C(Nc2ccc(N3CCCC(C)C3)c(C(=O)O)c2)C(=O)N(CCO)C1. The van der Waals surface area contributed by atoms with Gasteiger partial charge in [0.1, 0.15) is 5.70 Å². The fourth-order valence-corrected chi connectivity index (χ4v) is 3.96. The number of rotatable bonds is 7. The van der Waals surface area contributed by atoms with E-state index in [9.17, 15) is 19.5 Å². The molecule has 9 heteroatoms. The maximum Gasteiger partial charge on any atom is 0.337 e. The van der Waals surface area contributed by atoms with Gasteiger partial charge in [-0.1, -0.05) is 6.92 Å². The monoisotopic (exact) mass is 417 g/mol. The highest BCUT2D eigenvalue weighted by Gasteiger charge is 2.34. The van der Waals surface area contributed by atoms with Gasteiger partial charge in [-0.2, -0.15) is 0 Å². The molecule has 1 amide bonds. The molecule has 1 saturated heterocycles. The van der Waals surface area contributed by atoms with Gasteiger partial charge in [0.2, 0.25) is 0 Å². The third-order valence-electron chi connectivity index (χ3n) is 5.45. The Kier molecular flexibility index (Phi) is 6.61. The van der Waals surface area contributed by atoms with Crippen molar-refractivity contribution in [2.24, 2.45) is 5.92 Å². The van der Waals surface area contributed by atoms with Crippen LogP contribution in [0, 0.1) is 5.92 Å². The summed E-state index contributed by atoms with van der Waals surface area (Å²) in [7, 11) is 1.23. The van der Waals surface area contributed by atoms with Crippen molar-refractivity contribution in [1.82, 2.24) is 4.90 Å². The standard InChI is InChI=1S/C21H27N3O6/c1-13-4-3-7-23(11-13)17-6-5-14(10-15(17)20(27)28)22-18-16(21(29)30-2)12-24(8-9-25)19(18)26/h5-6,10,13,22,25H,3-4,7-9,11-12H2,1-2H3,(H,27,28). The number of carbonyl (C=O) groups is 3. The molecule has 1 aromatic carbocycles. The number of hydrogen-bond acceptors (Lipinski definition) is 7. The predicted octanol–water partition coefficient (Wildman–Crippen LogP) is 1.29. The van der Waals surface area contributed by atoms with Crippen molar-refractivity contribution in [3.8, 4) is 0 Å². The van der Waals surface area contributed by atoms with Crippen LogP contribution in [0.4, 0.5) is 11.4 Å². The number of aromatic carboxylic acids is 1. The Hall–Kier alpha value is -3.07. The average Bonchev–Trinajstić information content (AvgIpc) is 3.03. The lowest BCUT2D eigenvalue weighted by molar-refractivity contribution is -0.136. The molecule has 0 spiro atoms. The van der Waals surface area contributed by atoms with Crippen LogP contribution >= 0.6 is 0 Å². The topological polar surface area (TPSA) is 119 Å². The number of ether oxygens (including phenoxy) is 1. The number of β-amino-alcohol motifs (C(OH)–C–C–N with tert-alkyl or cyclic N) is 1. The molecular weight excluding hydrogens is 390 g/mol. The number of carbonyl (C=O) groups excluding carboxylic acids is 2. The zero-order valence-corrected chi connectivity index (χ0v) is 17.2. The Morgan fingerprint density at radius 1 is 1.33 bits per heavy atom. The third-order valence-corrected chi connectivity index (χ3v) is 5.45. The summed E-state index contributed by atoms with van der Waals surface area (Å²) in [5.74, 6) is -1.67. The van der Waals surface area contributed by atoms with Crippen LogP contribution in [0.3, 0.4) is 0 Å². The van der Waals surface area contributed by atoms with Gasteiger partial charge in [0.05, 0.1) is 37.1 Å². The second-order valence-corrected chi connectivity index (χ2v) is 7.65. The Morgan fingerprint density at radius 3 is 2.73 bits per heavy atom. The predicted molar refractivity (Wildman–Crippen MR) is 110 cm³/mol. The van der Waals surface area contributed by atoms with Crippen molar-refractivity contribution in [3.05, 3.63) is 35.0 Å². The molecule has 1 fully saturated rings.